The largest absolute Gasteiger partial charge is 0.151 e. The minimum absolute atomic E-state index is 0.345. The van der Waals surface area contributed by atoms with Crippen molar-refractivity contribution in [1.82, 2.24) is 0 Å². The van der Waals surface area contributed by atoms with E-state index in [4.69, 9.17) is 0 Å². The summed E-state index contributed by atoms with van der Waals surface area (Å²) < 4.78 is 0. The lowest BCUT2D eigenvalue weighted by Crippen LogP contribution is -2.36. The maximum atomic E-state index is 11.0. The Morgan fingerprint density at radius 2 is 1.17 bits per heavy atom. The van der Waals surface area contributed by atoms with E-state index in [1.54, 1.807) is 57.8 Å². The molecule has 6 bridgehead atoms. The summed E-state index contributed by atoms with van der Waals surface area (Å²) >= 11 is 0. The highest BCUT2D eigenvalue weighted by Crippen LogP contribution is 2.55. The number of hydrogen-bond donors (Lipinski definition) is 0. The van der Waals surface area contributed by atoms with Crippen LogP contribution >= 0.6 is 0 Å². The van der Waals surface area contributed by atoms with Crippen molar-refractivity contribution in [2.45, 2.75) is 148 Å². The Labute approximate surface area is 253 Å². The highest BCUT2D eigenvalue weighted by Gasteiger charge is 2.45. The van der Waals surface area contributed by atoms with E-state index < -0.39 is 0 Å². The molecule has 6 fully saturated rings. The van der Waals surface area contributed by atoms with Crippen molar-refractivity contribution in [2.75, 3.05) is 6.54 Å². The average Bonchev–Trinajstić information content (AvgIpc) is 3.26. The lowest BCUT2D eigenvalue weighted by molar-refractivity contribution is 0.0670. The van der Waals surface area contributed by atoms with Gasteiger partial charge in [-0.3, -0.25) is 0 Å². The lowest BCUT2D eigenvalue weighted by atomic mass is 9.59. The van der Waals surface area contributed by atoms with Crippen molar-refractivity contribution >= 4 is 0 Å². The third kappa shape index (κ3) is 6.43. The first-order valence-electron chi connectivity index (χ1n) is 19.0. The van der Waals surface area contributed by atoms with Crippen LogP contribution in [0.5, 0.6) is 0 Å². The molecular weight excluding hydrogens is 498 g/mol. The highest BCUT2D eigenvalue weighted by molar-refractivity contribution is 5.05. The number of rotatable bonds is 3. The number of nitroso groups, excluding NO2 is 1. The van der Waals surface area contributed by atoms with Gasteiger partial charge in [-0.1, -0.05) is 69.2 Å². The van der Waals surface area contributed by atoms with E-state index >= 15 is 0 Å². The summed E-state index contributed by atoms with van der Waals surface area (Å²) in [4.78, 5) is 11.0. The molecule has 7 rings (SSSR count). The Morgan fingerprint density at radius 3 is 1.85 bits per heavy atom. The molecule has 7 aliphatic carbocycles. The minimum Gasteiger partial charge on any atom is -0.151 e. The molecule has 0 aromatic rings. The van der Waals surface area contributed by atoms with E-state index in [0.717, 1.165) is 77.4 Å². The monoisotopic (exact) mass is 561 g/mol. The summed E-state index contributed by atoms with van der Waals surface area (Å²) in [7, 11) is 0. The fraction of sp³-hybridized carbons (Fsp3) is 0.949. The van der Waals surface area contributed by atoms with Gasteiger partial charge in [-0.15, -0.1) is 0 Å². The van der Waals surface area contributed by atoms with Crippen molar-refractivity contribution in [3.05, 3.63) is 17.1 Å². The Hall–Kier alpha value is -0.660. The van der Waals surface area contributed by atoms with E-state index in [1.807, 2.05) is 0 Å². The van der Waals surface area contributed by atoms with Crippen LogP contribution in [0.15, 0.2) is 17.3 Å². The topological polar surface area (TPSA) is 29.4 Å². The van der Waals surface area contributed by atoms with E-state index in [0.29, 0.717) is 12.0 Å². The number of allylic oxidation sites excluding steroid dienone is 2. The molecule has 0 heterocycles. The van der Waals surface area contributed by atoms with E-state index in [9.17, 15) is 4.91 Å². The zero-order valence-electron chi connectivity index (χ0n) is 26.7. The zero-order valence-corrected chi connectivity index (χ0v) is 26.7. The predicted molar refractivity (Wildman–Crippen MR) is 171 cm³/mol. The Morgan fingerprint density at radius 1 is 0.585 bits per heavy atom. The fourth-order valence-electron chi connectivity index (χ4n) is 13.2. The summed E-state index contributed by atoms with van der Waals surface area (Å²) in [5.74, 6) is 11.6. The normalized spacial score (nSPS) is 51.0. The van der Waals surface area contributed by atoms with Crippen LogP contribution in [0, 0.1) is 81.3 Å². The summed E-state index contributed by atoms with van der Waals surface area (Å²) in [6, 6.07) is 0. The number of fused-ring (bicyclic) bond motifs is 8. The first-order valence-corrected chi connectivity index (χ1v) is 19.0. The van der Waals surface area contributed by atoms with Gasteiger partial charge in [-0.25, -0.2) is 0 Å². The Balaban J connectivity index is 1.12. The molecule has 230 valence electrons. The second kappa shape index (κ2) is 12.8. The number of hydrogen-bond acceptors (Lipinski definition) is 2. The molecule has 0 N–H and O–H groups in total. The zero-order chi connectivity index (χ0) is 27.8. The average molecular weight is 562 g/mol. The van der Waals surface area contributed by atoms with Crippen LogP contribution in [0.4, 0.5) is 0 Å². The Bertz CT molecular complexity index is 911. The van der Waals surface area contributed by atoms with E-state index in [-0.39, 0.29) is 0 Å². The second-order valence-corrected chi connectivity index (χ2v) is 17.6. The second-order valence-electron chi connectivity index (χ2n) is 17.6. The summed E-state index contributed by atoms with van der Waals surface area (Å²) in [5.41, 5.74) is 0.345. The summed E-state index contributed by atoms with van der Waals surface area (Å²) in [6.07, 6.45) is 38.4. The van der Waals surface area contributed by atoms with E-state index in [2.05, 4.69) is 24.3 Å². The SMILES string of the molecule is CC1(CCN=O)CCC2CCC3/C=C\C4CCC5CCC[C@H]6CCCC(CC5C6)C4CCC3[C@H]3CCC(CC2C3)C1. The molecule has 0 radical (unpaired) electrons. The fourth-order valence-corrected chi connectivity index (χ4v) is 13.2. The lowest BCUT2D eigenvalue weighted by Gasteiger charge is -2.46. The van der Waals surface area contributed by atoms with Crippen molar-refractivity contribution in [1.29, 1.82) is 0 Å². The van der Waals surface area contributed by atoms with Crippen LogP contribution in [-0.2, 0) is 0 Å². The Kier molecular flexibility index (Phi) is 9.04. The third-order valence-electron chi connectivity index (χ3n) is 15.3. The van der Waals surface area contributed by atoms with Gasteiger partial charge < -0.3 is 0 Å². The van der Waals surface area contributed by atoms with Gasteiger partial charge in [0.2, 0.25) is 0 Å². The number of nitrogens with zero attached hydrogens (tertiary/aromatic N) is 1. The molecule has 11 unspecified atom stereocenters. The molecule has 7 aliphatic rings. The van der Waals surface area contributed by atoms with Gasteiger partial charge in [0.1, 0.15) is 0 Å². The van der Waals surface area contributed by atoms with Crippen LogP contribution in [0.2, 0.25) is 0 Å². The molecule has 13 atom stereocenters. The van der Waals surface area contributed by atoms with Gasteiger partial charge in [0, 0.05) is 0 Å². The molecular formula is C39H63NO. The van der Waals surface area contributed by atoms with E-state index in [1.165, 1.54) is 77.0 Å². The minimum atomic E-state index is 0.345. The van der Waals surface area contributed by atoms with Crippen LogP contribution in [0.25, 0.3) is 0 Å². The van der Waals surface area contributed by atoms with Gasteiger partial charge in [-0.05, 0) is 173 Å². The summed E-state index contributed by atoms with van der Waals surface area (Å²) in [5, 5.41) is 3.30. The van der Waals surface area contributed by atoms with Crippen LogP contribution in [0.1, 0.15) is 148 Å². The van der Waals surface area contributed by atoms with Gasteiger partial charge in [0.05, 0.1) is 6.54 Å². The van der Waals surface area contributed by atoms with Crippen LogP contribution in [-0.4, -0.2) is 6.54 Å². The van der Waals surface area contributed by atoms with Crippen LogP contribution in [0.3, 0.4) is 0 Å². The summed E-state index contributed by atoms with van der Waals surface area (Å²) in [6.45, 7) is 3.04. The maximum absolute atomic E-state index is 11.0. The smallest absolute Gasteiger partial charge is 0.0816 e. The maximum Gasteiger partial charge on any atom is 0.0816 e. The quantitative estimate of drug-likeness (QED) is 0.249. The molecule has 0 saturated heterocycles. The van der Waals surface area contributed by atoms with Gasteiger partial charge in [0.15, 0.2) is 0 Å². The van der Waals surface area contributed by atoms with Crippen molar-refractivity contribution < 1.29 is 0 Å². The van der Waals surface area contributed by atoms with Crippen molar-refractivity contribution in [3.8, 4) is 0 Å². The van der Waals surface area contributed by atoms with Gasteiger partial charge in [0.25, 0.3) is 0 Å². The van der Waals surface area contributed by atoms with Crippen molar-refractivity contribution in [3.63, 3.8) is 0 Å². The molecule has 41 heavy (non-hydrogen) atoms. The molecule has 2 nitrogen and oxygen atoms in total. The molecule has 6 saturated carbocycles. The molecule has 0 amide bonds. The molecule has 0 aromatic carbocycles. The molecule has 0 aliphatic heterocycles. The van der Waals surface area contributed by atoms with Crippen molar-refractivity contribution in [2.24, 2.45) is 81.6 Å². The van der Waals surface area contributed by atoms with Gasteiger partial charge in [-0.2, -0.15) is 4.91 Å². The molecule has 0 aromatic heterocycles. The first kappa shape index (κ1) is 29.1. The third-order valence-corrected chi connectivity index (χ3v) is 15.3. The standard InChI is InChI=1S/C39H63NO/c1-39(20-21-40-41)19-18-30-11-13-32-15-14-31-12-10-29-6-2-4-27-5-3-7-33(24-35(29)22-27)37(31)16-17-38(32)34-9-8-28(26-39)23-36(30)25-34/h14-15,27-38H,2-13,16-26H2,1H3/b15-14-/t27-,28?,29?,30?,31?,32?,33?,34-,35?,36?,37?,38?,39?/m0/s1. The molecule has 2 heteroatoms. The predicted octanol–water partition coefficient (Wildman–Crippen LogP) is 11.4. The highest BCUT2D eigenvalue weighted by atomic mass is 16.3. The molecule has 0 spiro atoms. The first-order chi connectivity index (χ1) is 20.1. The van der Waals surface area contributed by atoms with Gasteiger partial charge >= 0.3 is 0 Å². The van der Waals surface area contributed by atoms with Crippen LogP contribution < -0.4 is 0 Å².